The normalized spacial score (nSPS) is 28.7. The van der Waals surface area contributed by atoms with Crippen LogP contribution in [-0.4, -0.2) is 12.6 Å². The van der Waals surface area contributed by atoms with Crippen molar-refractivity contribution in [1.29, 1.82) is 0 Å². The standard InChI is InChI=1S/C11H16N2/c12-10-6-7-11(13-8-10)9-4-2-1-3-5-9/h1-5,10-11,13H,6-8,12H2/t10-,11-/m0/s1. The first kappa shape index (κ1) is 8.73. The molecule has 0 amide bonds. The quantitative estimate of drug-likeness (QED) is 0.679. The molecule has 1 aliphatic rings. The van der Waals surface area contributed by atoms with Gasteiger partial charge in [0.25, 0.3) is 0 Å². The SMILES string of the molecule is N[C@H]1CC[C@@H](c2ccccc2)NC1. The second-order valence-electron chi connectivity index (χ2n) is 3.71. The van der Waals surface area contributed by atoms with Crippen LogP contribution >= 0.6 is 0 Å². The molecule has 2 nitrogen and oxygen atoms in total. The van der Waals surface area contributed by atoms with E-state index in [2.05, 4.69) is 35.6 Å². The molecule has 13 heavy (non-hydrogen) atoms. The van der Waals surface area contributed by atoms with Gasteiger partial charge in [-0.05, 0) is 18.4 Å². The maximum atomic E-state index is 5.81. The van der Waals surface area contributed by atoms with E-state index in [9.17, 15) is 0 Å². The summed E-state index contributed by atoms with van der Waals surface area (Å²) in [5.74, 6) is 0. The minimum absolute atomic E-state index is 0.347. The van der Waals surface area contributed by atoms with E-state index in [1.54, 1.807) is 0 Å². The third kappa shape index (κ3) is 2.08. The Labute approximate surface area is 79.1 Å². The Balaban J connectivity index is 2.03. The van der Waals surface area contributed by atoms with Crippen molar-refractivity contribution in [2.45, 2.75) is 24.9 Å². The molecule has 1 fully saturated rings. The zero-order chi connectivity index (χ0) is 9.10. The number of rotatable bonds is 1. The first-order valence-electron chi connectivity index (χ1n) is 4.90. The van der Waals surface area contributed by atoms with Crippen molar-refractivity contribution >= 4 is 0 Å². The molecule has 1 aromatic carbocycles. The lowest BCUT2D eigenvalue weighted by Gasteiger charge is -2.27. The van der Waals surface area contributed by atoms with Gasteiger partial charge < -0.3 is 11.1 Å². The molecular weight excluding hydrogens is 160 g/mol. The molecule has 2 rings (SSSR count). The van der Waals surface area contributed by atoms with E-state index >= 15 is 0 Å². The predicted octanol–water partition coefficient (Wildman–Crippen LogP) is 1.44. The number of nitrogens with one attached hydrogen (secondary N) is 1. The summed E-state index contributed by atoms with van der Waals surface area (Å²) < 4.78 is 0. The highest BCUT2D eigenvalue weighted by Gasteiger charge is 2.18. The van der Waals surface area contributed by atoms with E-state index < -0.39 is 0 Å². The molecule has 70 valence electrons. The van der Waals surface area contributed by atoms with E-state index in [4.69, 9.17) is 5.73 Å². The van der Waals surface area contributed by atoms with E-state index in [1.165, 1.54) is 5.56 Å². The lowest BCUT2D eigenvalue weighted by molar-refractivity contribution is 0.373. The maximum Gasteiger partial charge on any atom is 0.0321 e. The Hall–Kier alpha value is -0.860. The molecule has 0 aliphatic carbocycles. The Morgan fingerprint density at radius 3 is 2.54 bits per heavy atom. The molecule has 0 aromatic heterocycles. The molecule has 0 radical (unpaired) electrons. The third-order valence-corrected chi connectivity index (χ3v) is 2.65. The molecule has 1 saturated heterocycles. The average Bonchev–Trinajstić information content (AvgIpc) is 2.20. The molecule has 0 bridgehead atoms. The van der Waals surface area contributed by atoms with Crippen molar-refractivity contribution in [3.05, 3.63) is 35.9 Å². The largest absolute Gasteiger partial charge is 0.327 e. The van der Waals surface area contributed by atoms with Gasteiger partial charge in [0.05, 0.1) is 0 Å². The highest BCUT2D eigenvalue weighted by molar-refractivity contribution is 5.19. The Bertz CT molecular complexity index is 250. The second kappa shape index (κ2) is 3.90. The highest BCUT2D eigenvalue weighted by Crippen LogP contribution is 2.21. The maximum absolute atomic E-state index is 5.81. The van der Waals surface area contributed by atoms with Gasteiger partial charge in [-0.1, -0.05) is 30.3 Å². The Morgan fingerprint density at radius 1 is 1.15 bits per heavy atom. The van der Waals surface area contributed by atoms with Crippen molar-refractivity contribution in [3.63, 3.8) is 0 Å². The predicted molar refractivity (Wildman–Crippen MR) is 54.4 cm³/mol. The molecule has 0 saturated carbocycles. The summed E-state index contributed by atoms with van der Waals surface area (Å²) in [6.45, 7) is 0.944. The van der Waals surface area contributed by atoms with Crippen LogP contribution in [-0.2, 0) is 0 Å². The summed E-state index contributed by atoms with van der Waals surface area (Å²) in [7, 11) is 0. The van der Waals surface area contributed by atoms with Crippen LogP contribution in [0.15, 0.2) is 30.3 Å². The van der Waals surface area contributed by atoms with Gasteiger partial charge in [-0.25, -0.2) is 0 Å². The molecule has 2 atom stereocenters. The van der Waals surface area contributed by atoms with Crippen molar-refractivity contribution in [1.82, 2.24) is 5.32 Å². The van der Waals surface area contributed by atoms with Gasteiger partial charge in [0.1, 0.15) is 0 Å². The molecule has 2 heteroatoms. The van der Waals surface area contributed by atoms with Gasteiger partial charge in [-0.2, -0.15) is 0 Å². The zero-order valence-electron chi connectivity index (χ0n) is 7.74. The highest BCUT2D eigenvalue weighted by atomic mass is 15.0. The van der Waals surface area contributed by atoms with Crippen LogP contribution in [0.25, 0.3) is 0 Å². The van der Waals surface area contributed by atoms with Crippen molar-refractivity contribution in [3.8, 4) is 0 Å². The molecule has 1 aliphatic heterocycles. The van der Waals surface area contributed by atoms with Crippen molar-refractivity contribution in [2.24, 2.45) is 5.73 Å². The summed E-state index contributed by atoms with van der Waals surface area (Å²) in [6, 6.07) is 11.4. The monoisotopic (exact) mass is 176 g/mol. The molecule has 0 spiro atoms. The number of nitrogens with two attached hydrogens (primary N) is 1. The van der Waals surface area contributed by atoms with Crippen LogP contribution in [0.5, 0.6) is 0 Å². The minimum atomic E-state index is 0.347. The first-order chi connectivity index (χ1) is 6.36. The first-order valence-corrected chi connectivity index (χ1v) is 4.90. The number of benzene rings is 1. The number of hydrogen-bond donors (Lipinski definition) is 2. The van der Waals surface area contributed by atoms with E-state index in [1.807, 2.05) is 0 Å². The van der Waals surface area contributed by atoms with Crippen LogP contribution in [0.4, 0.5) is 0 Å². The Morgan fingerprint density at radius 2 is 1.92 bits per heavy atom. The van der Waals surface area contributed by atoms with Gasteiger partial charge >= 0.3 is 0 Å². The van der Waals surface area contributed by atoms with E-state index in [0.717, 1.165) is 19.4 Å². The fraction of sp³-hybridized carbons (Fsp3) is 0.455. The minimum Gasteiger partial charge on any atom is -0.327 e. The van der Waals surface area contributed by atoms with Gasteiger partial charge in [-0.15, -0.1) is 0 Å². The van der Waals surface area contributed by atoms with E-state index in [-0.39, 0.29) is 0 Å². The molecule has 1 heterocycles. The summed E-state index contributed by atoms with van der Waals surface area (Å²) in [4.78, 5) is 0. The van der Waals surface area contributed by atoms with Gasteiger partial charge in [-0.3, -0.25) is 0 Å². The summed E-state index contributed by atoms with van der Waals surface area (Å²) >= 11 is 0. The van der Waals surface area contributed by atoms with Gasteiger partial charge in [0.2, 0.25) is 0 Å². The van der Waals surface area contributed by atoms with Crippen LogP contribution in [0.2, 0.25) is 0 Å². The summed E-state index contributed by atoms with van der Waals surface area (Å²) in [6.07, 6.45) is 2.29. The second-order valence-corrected chi connectivity index (χ2v) is 3.71. The Kier molecular flexibility index (Phi) is 2.62. The van der Waals surface area contributed by atoms with Crippen LogP contribution in [0.1, 0.15) is 24.4 Å². The van der Waals surface area contributed by atoms with Crippen LogP contribution in [0.3, 0.4) is 0 Å². The third-order valence-electron chi connectivity index (χ3n) is 2.65. The van der Waals surface area contributed by atoms with Crippen molar-refractivity contribution in [2.75, 3.05) is 6.54 Å². The molecular formula is C11H16N2. The van der Waals surface area contributed by atoms with Gasteiger partial charge in [0.15, 0.2) is 0 Å². The van der Waals surface area contributed by atoms with Crippen LogP contribution in [0, 0.1) is 0 Å². The number of piperidine rings is 1. The molecule has 1 aromatic rings. The fourth-order valence-electron chi connectivity index (χ4n) is 1.85. The molecule has 3 N–H and O–H groups in total. The lowest BCUT2D eigenvalue weighted by Crippen LogP contribution is -2.41. The fourth-order valence-corrected chi connectivity index (χ4v) is 1.85. The zero-order valence-corrected chi connectivity index (χ0v) is 7.74. The summed E-state index contributed by atoms with van der Waals surface area (Å²) in [5.41, 5.74) is 7.20. The van der Waals surface area contributed by atoms with Gasteiger partial charge in [0, 0.05) is 18.6 Å². The van der Waals surface area contributed by atoms with Crippen molar-refractivity contribution < 1.29 is 0 Å². The van der Waals surface area contributed by atoms with E-state index in [0.29, 0.717) is 12.1 Å². The molecule has 0 unspecified atom stereocenters. The lowest BCUT2D eigenvalue weighted by atomic mass is 9.95. The van der Waals surface area contributed by atoms with Crippen LogP contribution < -0.4 is 11.1 Å². The topological polar surface area (TPSA) is 38.0 Å². The average molecular weight is 176 g/mol. The smallest absolute Gasteiger partial charge is 0.0321 e. The summed E-state index contributed by atoms with van der Waals surface area (Å²) in [5, 5.41) is 3.46. The number of hydrogen-bond acceptors (Lipinski definition) is 2.